The minimum Gasteiger partial charge on any atom is -0.388 e. The summed E-state index contributed by atoms with van der Waals surface area (Å²) in [5.41, 5.74) is 0. The summed E-state index contributed by atoms with van der Waals surface area (Å²) in [4.78, 5) is 17.6. The van der Waals surface area contributed by atoms with E-state index in [0.29, 0.717) is 32.6 Å². The summed E-state index contributed by atoms with van der Waals surface area (Å²) < 4.78 is 12.2. The minimum atomic E-state index is -0.729. The fraction of sp³-hybridized carbons (Fsp3) is 0.769. The Hall–Kier alpha value is -1.51. The fourth-order valence-corrected chi connectivity index (χ4v) is 2.40. The van der Waals surface area contributed by atoms with Crippen molar-refractivity contribution in [1.29, 1.82) is 0 Å². The summed E-state index contributed by atoms with van der Waals surface area (Å²) in [5.74, 6) is -0.0282. The largest absolute Gasteiger partial charge is 0.388 e. The van der Waals surface area contributed by atoms with E-state index in [-0.39, 0.29) is 11.9 Å². The summed E-state index contributed by atoms with van der Waals surface area (Å²) in [6.07, 6.45) is 3.02. The van der Waals surface area contributed by atoms with Crippen LogP contribution in [0.15, 0.2) is 12.7 Å². The molecule has 1 fully saturated rings. The lowest BCUT2D eigenvalue weighted by Gasteiger charge is -2.38. The van der Waals surface area contributed by atoms with Crippen LogP contribution in [-0.2, 0) is 20.8 Å². The van der Waals surface area contributed by atoms with Crippen LogP contribution >= 0.6 is 0 Å². The number of ether oxygens (including phenoxy) is 2. The first kappa shape index (κ1) is 15.9. The third-order valence-electron chi connectivity index (χ3n) is 3.78. The van der Waals surface area contributed by atoms with Gasteiger partial charge in [-0.1, -0.05) is 0 Å². The molecule has 21 heavy (non-hydrogen) atoms. The van der Waals surface area contributed by atoms with Gasteiger partial charge in [-0.25, -0.2) is 4.98 Å². The zero-order chi connectivity index (χ0) is 15.2. The van der Waals surface area contributed by atoms with Crippen molar-refractivity contribution in [1.82, 2.24) is 19.7 Å². The van der Waals surface area contributed by atoms with Crippen LogP contribution in [0.2, 0.25) is 0 Å². The molecule has 8 nitrogen and oxygen atoms in total. The number of methoxy groups -OCH3 is 1. The molecule has 1 aliphatic rings. The van der Waals surface area contributed by atoms with Crippen molar-refractivity contribution in [3.05, 3.63) is 12.7 Å². The Morgan fingerprint density at radius 2 is 2.38 bits per heavy atom. The molecule has 2 rings (SSSR count). The van der Waals surface area contributed by atoms with Crippen molar-refractivity contribution < 1.29 is 19.4 Å². The normalized spacial score (nSPS) is 25.8. The molecule has 1 aromatic rings. The van der Waals surface area contributed by atoms with Crippen molar-refractivity contribution in [2.75, 3.05) is 27.4 Å². The van der Waals surface area contributed by atoms with E-state index < -0.39 is 12.2 Å². The Kier molecular flexibility index (Phi) is 5.66. The number of carbonyl (C=O) groups is 1. The summed E-state index contributed by atoms with van der Waals surface area (Å²) in [5, 5.41) is 14.2. The van der Waals surface area contributed by atoms with Crippen molar-refractivity contribution in [3.63, 3.8) is 0 Å². The lowest BCUT2D eigenvalue weighted by molar-refractivity contribution is -0.158. The van der Waals surface area contributed by atoms with Gasteiger partial charge in [0.15, 0.2) is 0 Å². The number of nitrogens with zero attached hydrogens (tertiary/aromatic N) is 4. The van der Waals surface area contributed by atoms with Gasteiger partial charge in [-0.3, -0.25) is 9.48 Å². The van der Waals surface area contributed by atoms with Gasteiger partial charge in [0.25, 0.3) is 0 Å². The topological polar surface area (TPSA) is 89.7 Å². The van der Waals surface area contributed by atoms with Gasteiger partial charge < -0.3 is 19.5 Å². The maximum Gasteiger partial charge on any atom is 0.222 e. The monoisotopic (exact) mass is 298 g/mol. The highest BCUT2D eigenvalue weighted by Gasteiger charge is 2.36. The first-order valence-electron chi connectivity index (χ1n) is 7.00. The standard InChI is InChI=1S/C13H22N4O4/c1-16(10-6-21-7-11(20-2)13(10)19)12(18)4-3-5-17-9-14-8-15-17/h8-11,13,19H,3-7H2,1-2H3/t10-,11-,13+/m1/s1. The number of aryl methyl sites for hydroxylation is 1. The van der Waals surface area contributed by atoms with E-state index in [0.717, 1.165) is 0 Å². The molecule has 0 saturated carbocycles. The number of amides is 1. The van der Waals surface area contributed by atoms with E-state index in [9.17, 15) is 9.90 Å². The van der Waals surface area contributed by atoms with Crippen LogP contribution in [-0.4, -0.2) is 76.3 Å². The smallest absolute Gasteiger partial charge is 0.222 e. The zero-order valence-corrected chi connectivity index (χ0v) is 12.4. The number of hydrogen-bond acceptors (Lipinski definition) is 6. The average Bonchev–Trinajstić information content (AvgIpc) is 3.00. The number of carbonyl (C=O) groups excluding carboxylic acids is 1. The van der Waals surface area contributed by atoms with Crippen LogP contribution < -0.4 is 0 Å². The van der Waals surface area contributed by atoms with Gasteiger partial charge in [0.2, 0.25) is 5.91 Å². The van der Waals surface area contributed by atoms with Crippen molar-refractivity contribution in [2.24, 2.45) is 0 Å². The number of hydrogen-bond donors (Lipinski definition) is 1. The third-order valence-corrected chi connectivity index (χ3v) is 3.78. The maximum absolute atomic E-state index is 12.2. The van der Waals surface area contributed by atoms with Crippen LogP contribution in [0.5, 0.6) is 0 Å². The maximum atomic E-state index is 12.2. The second kappa shape index (κ2) is 7.48. The third kappa shape index (κ3) is 3.99. The van der Waals surface area contributed by atoms with Crippen LogP contribution in [0.4, 0.5) is 0 Å². The predicted molar refractivity (Wildman–Crippen MR) is 73.4 cm³/mol. The Morgan fingerprint density at radius 1 is 1.57 bits per heavy atom. The van der Waals surface area contributed by atoms with Crippen molar-refractivity contribution >= 4 is 5.91 Å². The van der Waals surface area contributed by atoms with Crippen LogP contribution in [0, 0.1) is 0 Å². The molecule has 8 heteroatoms. The first-order valence-corrected chi connectivity index (χ1v) is 7.00. The number of aliphatic hydroxyl groups excluding tert-OH is 1. The highest BCUT2D eigenvalue weighted by atomic mass is 16.5. The fourth-order valence-electron chi connectivity index (χ4n) is 2.40. The molecule has 0 aromatic carbocycles. The lowest BCUT2D eigenvalue weighted by atomic mass is 10.0. The molecule has 0 radical (unpaired) electrons. The van der Waals surface area contributed by atoms with Crippen LogP contribution in [0.1, 0.15) is 12.8 Å². The SMILES string of the molecule is CO[C@@H]1COC[C@@H](N(C)C(=O)CCCn2cncn2)[C@@H]1O. The Balaban J connectivity index is 1.80. The molecule has 2 heterocycles. The molecule has 3 atom stereocenters. The van der Waals surface area contributed by atoms with Gasteiger partial charge in [0.1, 0.15) is 24.9 Å². The highest BCUT2D eigenvalue weighted by Crippen LogP contribution is 2.17. The Bertz CT molecular complexity index is 439. The molecule has 0 unspecified atom stereocenters. The first-order chi connectivity index (χ1) is 10.1. The summed E-state index contributed by atoms with van der Waals surface area (Å²) in [6.45, 7) is 1.32. The molecule has 0 aliphatic carbocycles. The molecule has 0 spiro atoms. The summed E-state index contributed by atoms with van der Waals surface area (Å²) >= 11 is 0. The molecular weight excluding hydrogens is 276 g/mol. The second-order valence-electron chi connectivity index (χ2n) is 5.14. The molecule has 1 aliphatic heterocycles. The van der Waals surface area contributed by atoms with Gasteiger partial charge in [-0.05, 0) is 6.42 Å². The van der Waals surface area contributed by atoms with E-state index in [1.54, 1.807) is 23.0 Å². The molecule has 1 amide bonds. The lowest BCUT2D eigenvalue weighted by Crippen LogP contribution is -2.56. The van der Waals surface area contributed by atoms with Gasteiger partial charge in [-0.15, -0.1) is 0 Å². The summed E-state index contributed by atoms with van der Waals surface area (Å²) in [6, 6.07) is -0.373. The van der Waals surface area contributed by atoms with Gasteiger partial charge in [0.05, 0.1) is 19.3 Å². The van der Waals surface area contributed by atoms with E-state index in [4.69, 9.17) is 9.47 Å². The van der Waals surface area contributed by atoms with Crippen LogP contribution in [0.25, 0.3) is 0 Å². The quantitative estimate of drug-likeness (QED) is 0.746. The average molecular weight is 298 g/mol. The molecule has 1 aromatic heterocycles. The molecule has 118 valence electrons. The molecule has 1 saturated heterocycles. The number of rotatable bonds is 6. The molecular formula is C13H22N4O4. The Labute approximate surface area is 123 Å². The predicted octanol–water partition coefficient (Wildman–Crippen LogP) is -0.709. The Morgan fingerprint density at radius 3 is 3.05 bits per heavy atom. The van der Waals surface area contributed by atoms with E-state index in [1.807, 2.05) is 0 Å². The number of aromatic nitrogens is 3. The second-order valence-corrected chi connectivity index (χ2v) is 5.14. The summed E-state index contributed by atoms with van der Waals surface area (Å²) in [7, 11) is 3.21. The van der Waals surface area contributed by atoms with Crippen molar-refractivity contribution in [3.8, 4) is 0 Å². The number of likely N-dealkylation sites (N-methyl/N-ethyl adjacent to an activating group) is 1. The van der Waals surface area contributed by atoms with Crippen molar-refractivity contribution in [2.45, 2.75) is 37.6 Å². The van der Waals surface area contributed by atoms with Gasteiger partial charge >= 0.3 is 0 Å². The van der Waals surface area contributed by atoms with Crippen LogP contribution in [0.3, 0.4) is 0 Å². The van der Waals surface area contributed by atoms with Gasteiger partial charge in [0, 0.05) is 27.1 Å². The van der Waals surface area contributed by atoms with E-state index in [2.05, 4.69) is 10.1 Å². The highest BCUT2D eigenvalue weighted by molar-refractivity contribution is 5.76. The zero-order valence-electron chi connectivity index (χ0n) is 12.4. The molecule has 1 N–H and O–H groups in total. The molecule has 0 bridgehead atoms. The van der Waals surface area contributed by atoms with Gasteiger partial charge in [-0.2, -0.15) is 5.10 Å². The minimum absolute atomic E-state index is 0.0282. The number of aliphatic hydroxyl groups is 1. The van der Waals surface area contributed by atoms with E-state index in [1.165, 1.54) is 13.4 Å². The van der Waals surface area contributed by atoms with E-state index >= 15 is 0 Å².